The summed E-state index contributed by atoms with van der Waals surface area (Å²) in [5, 5.41) is 33.9. The molecule has 0 bridgehead atoms. The van der Waals surface area contributed by atoms with Crippen LogP contribution in [-0.2, 0) is 9.53 Å². The van der Waals surface area contributed by atoms with E-state index >= 15 is 0 Å². The smallest absolute Gasteiger partial charge is 0.340 e. The predicted octanol–water partition coefficient (Wildman–Crippen LogP) is 0.902. The van der Waals surface area contributed by atoms with Crippen molar-refractivity contribution in [2.45, 2.75) is 6.92 Å². The predicted molar refractivity (Wildman–Crippen MR) is 58.8 cm³/mol. The highest BCUT2D eigenvalue weighted by molar-refractivity contribution is 6.05. The number of hydrogen-bond donors (Lipinski definition) is 1. The Morgan fingerprint density at radius 2 is 1.72 bits per heavy atom. The number of carbonyl (C=O) groups excluding carboxylic acids is 1. The van der Waals surface area contributed by atoms with Crippen LogP contribution in [0.3, 0.4) is 0 Å². The van der Waals surface area contributed by atoms with Gasteiger partial charge in [0.1, 0.15) is 18.2 Å². The van der Waals surface area contributed by atoms with E-state index in [1.54, 1.807) is 25.1 Å². The van der Waals surface area contributed by atoms with Crippen molar-refractivity contribution in [3.8, 4) is 18.2 Å². The maximum absolute atomic E-state index is 11.7. The van der Waals surface area contributed by atoms with Crippen molar-refractivity contribution >= 4 is 11.8 Å². The molecule has 0 aliphatic heterocycles. The lowest BCUT2D eigenvalue weighted by atomic mass is 10.1. The van der Waals surface area contributed by atoms with Crippen LogP contribution in [0.5, 0.6) is 0 Å². The third-order valence-electron chi connectivity index (χ3n) is 2.19. The lowest BCUT2D eigenvalue weighted by Gasteiger charge is -2.03. The Bertz CT molecular complexity index is 656. The third kappa shape index (κ3) is 1.79. The van der Waals surface area contributed by atoms with Crippen LogP contribution in [0.15, 0.2) is 27.9 Å². The summed E-state index contributed by atoms with van der Waals surface area (Å²) in [6, 6.07) is 5.06. The average molecular weight is 238 g/mol. The molecule has 18 heavy (non-hydrogen) atoms. The van der Waals surface area contributed by atoms with Crippen LogP contribution >= 0.6 is 0 Å². The minimum atomic E-state index is -0.846. The molecule has 0 saturated heterocycles. The summed E-state index contributed by atoms with van der Waals surface area (Å²) in [5.74, 6) is 1.06. The van der Waals surface area contributed by atoms with Crippen LogP contribution in [0, 0.1) is 39.4 Å². The minimum absolute atomic E-state index is 0.0795. The van der Waals surface area contributed by atoms with Crippen molar-refractivity contribution in [2.24, 2.45) is 0 Å². The first-order valence-electron chi connectivity index (χ1n) is 4.82. The Morgan fingerprint density at radius 1 is 1.17 bits per heavy atom. The van der Waals surface area contributed by atoms with E-state index in [1.165, 1.54) is 0 Å². The topological polar surface area (TPSA) is 122 Å². The number of esters is 1. The van der Waals surface area contributed by atoms with Crippen LogP contribution in [0.25, 0.3) is 0 Å². The average Bonchev–Trinajstić information content (AvgIpc) is 2.70. The van der Waals surface area contributed by atoms with Crippen LogP contribution in [0.4, 0.5) is 0 Å². The molecule has 0 spiro atoms. The molecule has 0 radical (unpaired) electrons. The van der Waals surface area contributed by atoms with E-state index in [0.717, 1.165) is 0 Å². The fourth-order valence-corrected chi connectivity index (χ4v) is 1.49. The number of carbonyl (C=O) groups is 1. The Hall–Kier alpha value is -3.13. The van der Waals surface area contributed by atoms with Gasteiger partial charge in [0.2, 0.25) is 0 Å². The molecule has 1 N–H and O–H groups in total. The van der Waals surface area contributed by atoms with Gasteiger partial charge in [-0.25, -0.2) is 4.79 Å². The van der Waals surface area contributed by atoms with Gasteiger partial charge in [0.15, 0.2) is 0 Å². The highest BCUT2D eigenvalue weighted by atomic mass is 16.5. The Morgan fingerprint density at radius 3 is 2.11 bits per heavy atom. The second-order valence-electron chi connectivity index (χ2n) is 3.06. The second kappa shape index (κ2) is 5.27. The van der Waals surface area contributed by atoms with Crippen molar-refractivity contribution in [1.82, 2.24) is 0 Å². The van der Waals surface area contributed by atoms with Gasteiger partial charge in [0.05, 0.1) is 34.5 Å². The zero-order valence-corrected chi connectivity index (χ0v) is 9.37. The summed E-state index contributed by atoms with van der Waals surface area (Å²) < 4.78 is 4.74. The van der Waals surface area contributed by atoms with Crippen molar-refractivity contribution in [3.05, 3.63) is 27.9 Å². The number of rotatable bonds is 2. The number of allylic oxidation sites excluding steroid dienone is 3. The number of nitrogens with one attached hydrogen (secondary N) is 1. The summed E-state index contributed by atoms with van der Waals surface area (Å²) in [5.41, 5.74) is -1.10. The molecule has 1 aliphatic rings. The number of nitrogens with zero attached hydrogens (tertiary/aromatic N) is 3. The second-order valence-corrected chi connectivity index (χ2v) is 3.06. The Balaban J connectivity index is 3.59. The SMILES string of the molecule is CCOC(=O)C1=C(C#N)C(C#N)=C(C#N)C1=C=N. The molecule has 6 nitrogen and oxygen atoms in total. The van der Waals surface area contributed by atoms with E-state index in [2.05, 4.69) is 0 Å². The maximum Gasteiger partial charge on any atom is 0.340 e. The summed E-state index contributed by atoms with van der Waals surface area (Å²) >= 11 is 0. The van der Waals surface area contributed by atoms with E-state index in [0.29, 0.717) is 0 Å². The number of ether oxygens (including phenoxy) is 1. The molecule has 86 valence electrons. The van der Waals surface area contributed by atoms with Crippen LogP contribution in [0.1, 0.15) is 6.92 Å². The lowest BCUT2D eigenvalue weighted by molar-refractivity contribution is -0.138. The lowest BCUT2D eigenvalue weighted by Crippen LogP contribution is -2.10. The normalized spacial score (nSPS) is 13.6. The zero-order valence-electron chi connectivity index (χ0n) is 9.37. The van der Waals surface area contributed by atoms with E-state index in [4.69, 9.17) is 25.9 Å². The third-order valence-corrected chi connectivity index (χ3v) is 2.19. The van der Waals surface area contributed by atoms with Gasteiger partial charge in [0.25, 0.3) is 0 Å². The van der Waals surface area contributed by atoms with Gasteiger partial charge in [-0.05, 0) is 12.8 Å². The molecule has 0 aromatic heterocycles. The molecule has 0 aromatic carbocycles. The van der Waals surface area contributed by atoms with Crippen LogP contribution in [0.2, 0.25) is 0 Å². The maximum atomic E-state index is 11.7. The van der Waals surface area contributed by atoms with Gasteiger partial charge in [-0.2, -0.15) is 15.8 Å². The molecular weight excluding hydrogens is 232 g/mol. The van der Waals surface area contributed by atoms with Gasteiger partial charge >= 0.3 is 5.97 Å². The Kier molecular flexibility index (Phi) is 3.79. The van der Waals surface area contributed by atoms with E-state index in [9.17, 15) is 4.79 Å². The standard InChI is InChI=1S/C12H6N4O2/c1-2-18-12(17)11-9(5-15)7(3-13)8(4-14)10(11)6-16/h15H,2H2,1H3. The monoisotopic (exact) mass is 238 g/mol. The van der Waals surface area contributed by atoms with Crippen LogP contribution < -0.4 is 0 Å². The number of nitriles is 3. The van der Waals surface area contributed by atoms with Gasteiger partial charge < -0.3 is 4.74 Å². The van der Waals surface area contributed by atoms with E-state index in [1.807, 2.05) is 5.87 Å². The van der Waals surface area contributed by atoms with Crippen LogP contribution in [-0.4, -0.2) is 18.4 Å². The summed E-state index contributed by atoms with van der Waals surface area (Å²) in [6.45, 7) is 1.66. The molecule has 1 aliphatic carbocycles. The van der Waals surface area contributed by atoms with Crippen molar-refractivity contribution in [1.29, 1.82) is 21.2 Å². The van der Waals surface area contributed by atoms with Gasteiger partial charge in [0, 0.05) is 0 Å². The molecule has 0 heterocycles. The molecule has 0 atom stereocenters. The summed E-state index contributed by atoms with van der Waals surface area (Å²) in [7, 11) is 0. The van der Waals surface area contributed by atoms with Gasteiger partial charge in [-0.15, -0.1) is 0 Å². The summed E-state index contributed by atoms with van der Waals surface area (Å²) in [6.07, 6.45) is 0. The fourth-order valence-electron chi connectivity index (χ4n) is 1.49. The first kappa shape index (κ1) is 12.9. The first-order chi connectivity index (χ1) is 8.65. The minimum Gasteiger partial charge on any atom is -0.462 e. The highest BCUT2D eigenvalue weighted by Gasteiger charge is 2.35. The Labute approximate surface area is 103 Å². The quantitative estimate of drug-likeness (QED) is 0.565. The van der Waals surface area contributed by atoms with Gasteiger partial charge in [-0.3, -0.25) is 5.41 Å². The zero-order chi connectivity index (χ0) is 13.7. The molecule has 0 saturated carbocycles. The van der Waals surface area contributed by atoms with Crippen molar-refractivity contribution in [2.75, 3.05) is 6.61 Å². The molecule has 6 heteroatoms. The number of hydrogen-bond acceptors (Lipinski definition) is 6. The van der Waals surface area contributed by atoms with E-state index in [-0.39, 0.29) is 34.5 Å². The molecule has 0 aromatic rings. The fraction of sp³-hybridized carbons (Fsp3) is 0.167. The molecular formula is C12H6N4O2. The molecule has 0 unspecified atom stereocenters. The molecule has 1 rings (SSSR count). The molecule has 0 fully saturated rings. The largest absolute Gasteiger partial charge is 0.462 e. The summed E-state index contributed by atoms with van der Waals surface area (Å²) in [4.78, 5) is 11.7. The van der Waals surface area contributed by atoms with Gasteiger partial charge in [-0.1, -0.05) is 0 Å². The van der Waals surface area contributed by atoms with E-state index < -0.39 is 5.97 Å². The van der Waals surface area contributed by atoms with Crippen molar-refractivity contribution in [3.63, 3.8) is 0 Å². The van der Waals surface area contributed by atoms with Crippen molar-refractivity contribution < 1.29 is 9.53 Å². The first-order valence-corrected chi connectivity index (χ1v) is 4.82. The molecule has 0 amide bonds. The highest BCUT2D eigenvalue weighted by Crippen LogP contribution is 2.35.